The van der Waals surface area contributed by atoms with Gasteiger partial charge in [0, 0.05) is 13.6 Å². The molecule has 19 heavy (non-hydrogen) atoms. The number of hydrogen-bond acceptors (Lipinski definition) is 3. The molecule has 1 aliphatic heterocycles. The minimum absolute atomic E-state index is 0. The number of aromatic nitrogens is 2. The standard InChI is InChI=1S/C13H23BrN4.ClH/c1-15-6-3-11-4-7-18(8-5-11)10-13-12(14)9-16-17(13)2;/h9,11,15H,3-8,10H2,1-2H3;1H. The molecule has 0 radical (unpaired) electrons. The molecule has 1 fully saturated rings. The highest BCUT2D eigenvalue weighted by molar-refractivity contribution is 9.10. The monoisotopic (exact) mass is 350 g/mol. The van der Waals surface area contributed by atoms with Gasteiger partial charge in [-0.15, -0.1) is 12.4 Å². The van der Waals surface area contributed by atoms with Crippen LogP contribution in [0.4, 0.5) is 0 Å². The second-order valence-electron chi connectivity index (χ2n) is 5.17. The quantitative estimate of drug-likeness (QED) is 0.884. The fraction of sp³-hybridized carbons (Fsp3) is 0.769. The lowest BCUT2D eigenvalue weighted by molar-refractivity contribution is 0.168. The zero-order chi connectivity index (χ0) is 13.0. The van der Waals surface area contributed by atoms with Crippen LogP contribution >= 0.6 is 28.3 Å². The van der Waals surface area contributed by atoms with E-state index in [0.717, 1.165) is 23.5 Å². The molecule has 4 nitrogen and oxygen atoms in total. The van der Waals surface area contributed by atoms with Crippen molar-refractivity contribution in [2.75, 3.05) is 26.7 Å². The van der Waals surface area contributed by atoms with Gasteiger partial charge in [-0.2, -0.15) is 5.10 Å². The van der Waals surface area contributed by atoms with Gasteiger partial charge in [0.1, 0.15) is 0 Å². The number of likely N-dealkylation sites (tertiary alicyclic amines) is 1. The molecule has 2 heterocycles. The minimum atomic E-state index is 0. The second-order valence-corrected chi connectivity index (χ2v) is 6.03. The summed E-state index contributed by atoms with van der Waals surface area (Å²) in [5.74, 6) is 0.906. The maximum atomic E-state index is 4.27. The fourth-order valence-corrected chi connectivity index (χ4v) is 3.08. The molecule has 6 heteroatoms. The first-order chi connectivity index (χ1) is 8.70. The molecule has 0 aromatic carbocycles. The zero-order valence-electron chi connectivity index (χ0n) is 11.7. The summed E-state index contributed by atoms with van der Waals surface area (Å²) < 4.78 is 3.10. The number of piperidine rings is 1. The molecule has 1 saturated heterocycles. The molecule has 110 valence electrons. The molecule has 0 atom stereocenters. The van der Waals surface area contributed by atoms with Crippen molar-refractivity contribution >= 4 is 28.3 Å². The third-order valence-corrected chi connectivity index (χ3v) is 4.56. The van der Waals surface area contributed by atoms with Gasteiger partial charge in [-0.25, -0.2) is 0 Å². The summed E-state index contributed by atoms with van der Waals surface area (Å²) in [6, 6.07) is 0. The number of rotatable bonds is 5. The van der Waals surface area contributed by atoms with Gasteiger partial charge in [-0.05, 0) is 67.8 Å². The van der Waals surface area contributed by atoms with E-state index in [1.807, 2.05) is 25.0 Å². The van der Waals surface area contributed by atoms with Gasteiger partial charge in [0.25, 0.3) is 0 Å². The summed E-state index contributed by atoms with van der Waals surface area (Å²) in [6.45, 7) is 4.59. The van der Waals surface area contributed by atoms with E-state index in [2.05, 4.69) is 31.2 Å². The lowest BCUT2D eigenvalue weighted by Gasteiger charge is -2.32. The van der Waals surface area contributed by atoms with Crippen molar-refractivity contribution in [3.8, 4) is 0 Å². The Bertz CT molecular complexity index is 355. The maximum Gasteiger partial charge on any atom is 0.0663 e. The normalized spacial score (nSPS) is 17.4. The Labute approximate surface area is 130 Å². The van der Waals surface area contributed by atoms with Crippen LogP contribution in [-0.2, 0) is 13.6 Å². The summed E-state index contributed by atoms with van der Waals surface area (Å²) in [4.78, 5) is 2.54. The number of aryl methyl sites for hydroxylation is 1. The van der Waals surface area contributed by atoms with Crippen LogP contribution in [0.2, 0.25) is 0 Å². The van der Waals surface area contributed by atoms with Crippen molar-refractivity contribution in [3.05, 3.63) is 16.4 Å². The van der Waals surface area contributed by atoms with Crippen LogP contribution in [0.5, 0.6) is 0 Å². The molecular formula is C13H24BrClN4. The summed E-state index contributed by atoms with van der Waals surface area (Å²) in [5, 5.41) is 7.52. The van der Waals surface area contributed by atoms with E-state index in [-0.39, 0.29) is 12.4 Å². The van der Waals surface area contributed by atoms with E-state index >= 15 is 0 Å². The highest BCUT2D eigenvalue weighted by Gasteiger charge is 2.20. The molecular weight excluding hydrogens is 328 g/mol. The molecule has 2 rings (SSSR count). The Morgan fingerprint density at radius 1 is 1.42 bits per heavy atom. The lowest BCUT2D eigenvalue weighted by atomic mass is 9.93. The Morgan fingerprint density at radius 3 is 2.63 bits per heavy atom. The van der Waals surface area contributed by atoms with Crippen LogP contribution in [0.15, 0.2) is 10.7 Å². The summed E-state index contributed by atoms with van der Waals surface area (Å²) in [7, 11) is 4.05. The van der Waals surface area contributed by atoms with E-state index in [1.54, 1.807) is 0 Å². The Morgan fingerprint density at radius 2 is 2.11 bits per heavy atom. The predicted octanol–water partition coefficient (Wildman–Crippen LogP) is 2.43. The summed E-state index contributed by atoms with van der Waals surface area (Å²) in [6.07, 6.45) is 5.86. The van der Waals surface area contributed by atoms with E-state index in [9.17, 15) is 0 Å². The number of nitrogens with zero attached hydrogens (tertiary/aromatic N) is 3. The van der Waals surface area contributed by atoms with Gasteiger partial charge in [-0.3, -0.25) is 9.58 Å². The SMILES string of the molecule is CNCCC1CCN(Cc2c(Br)cnn2C)CC1.Cl. The van der Waals surface area contributed by atoms with Crippen LogP contribution < -0.4 is 5.32 Å². The van der Waals surface area contributed by atoms with Gasteiger partial charge in [-0.1, -0.05) is 0 Å². The van der Waals surface area contributed by atoms with Gasteiger partial charge < -0.3 is 5.32 Å². The average molecular weight is 352 g/mol. The lowest BCUT2D eigenvalue weighted by Crippen LogP contribution is -2.34. The van der Waals surface area contributed by atoms with E-state index in [1.165, 1.54) is 38.0 Å². The molecule has 1 aromatic heterocycles. The largest absolute Gasteiger partial charge is 0.320 e. The smallest absolute Gasteiger partial charge is 0.0663 e. The van der Waals surface area contributed by atoms with Crippen LogP contribution in [0.3, 0.4) is 0 Å². The molecule has 0 spiro atoms. The third kappa shape index (κ3) is 4.74. The van der Waals surface area contributed by atoms with Crippen molar-refractivity contribution < 1.29 is 0 Å². The highest BCUT2D eigenvalue weighted by Crippen LogP contribution is 2.23. The molecule has 0 unspecified atom stereocenters. The highest BCUT2D eigenvalue weighted by atomic mass is 79.9. The van der Waals surface area contributed by atoms with Gasteiger partial charge >= 0.3 is 0 Å². The van der Waals surface area contributed by atoms with Crippen molar-refractivity contribution in [3.63, 3.8) is 0 Å². The van der Waals surface area contributed by atoms with Gasteiger partial charge in [0.15, 0.2) is 0 Å². The van der Waals surface area contributed by atoms with Crippen molar-refractivity contribution in [2.45, 2.75) is 25.8 Å². The van der Waals surface area contributed by atoms with Crippen molar-refractivity contribution in [2.24, 2.45) is 13.0 Å². The fourth-order valence-electron chi connectivity index (χ4n) is 2.61. The summed E-state index contributed by atoms with van der Waals surface area (Å²) >= 11 is 3.57. The molecule has 1 aromatic rings. The predicted molar refractivity (Wildman–Crippen MR) is 84.7 cm³/mol. The van der Waals surface area contributed by atoms with Crippen molar-refractivity contribution in [1.29, 1.82) is 0 Å². The van der Waals surface area contributed by atoms with E-state index in [0.29, 0.717) is 0 Å². The molecule has 1 N–H and O–H groups in total. The Hall–Kier alpha value is -0.100. The molecule has 0 saturated carbocycles. The first kappa shape index (κ1) is 17.0. The molecule has 1 aliphatic rings. The average Bonchev–Trinajstić information content (AvgIpc) is 2.70. The van der Waals surface area contributed by atoms with Crippen LogP contribution in [-0.4, -0.2) is 41.4 Å². The first-order valence-electron chi connectivity index (χ1n) is 6.74. The van der Waals surface area contributed by atoms with Gasteiger partial charge in [0.05, 0.1) is 16.4 Å². The van der Waals surface area contributed by atoms with Crippen molar-refractivity contribution in [1.82, 2.24) is 20.0 Å². The van der Waals surface area contributed by atoms with Gasteiger partial charge in [0.2, 0.25) is 0 Å². The van der Waals surface area contributed by atoms with E-state index < -0.39 is 0 Å². The topological polar surface area (TPSA) is 33.1 Å². The van der Waals surface area contributed by atoms with Crippen LogP contribution in [0.1, 0.15) is 25.0 Å². The van der Waals surface area contributed by atoms with Crippen LogP contribution in [0, 0.1) is 5.92 Å². The maximum absolute atomic E-state index is 4.27. The summed E-state index contributed by atoms with van der Waals surface area (Å²) in [5.41, 5.74) is 1.28. The Balaban J connectivity index is 0.00000180. The van der Waals surface area contributed by atoms with E-state index in [4.69, 9.17) is 0 Å². The number of hydrogen-bond donors (Lipinski definition) is 1. The minimum Gasteiger partial charge on any atom is -0.320 e. The number of nitrogens with one attached hydrogen (secondary N) is 1. The Kier molecular flexibility index (Phi) is 7.36. The van der Waals surface area contributed by atoms with Crippen LogP contribution in [0.25, 0.3) is 0 Å². The number of halogens is 2. The zero-order valence-corrected chi connectivity index (χ0v) is 14.1. The first-order valence-corrected chi connectivity index (χ1v) is 7.53. The molecule has 0 amide bonds. The molecule has 0 aliphatic carbocycles. The molecule has 0 bridgehead atoms. The second kappa shape index (κ2) is 8.25. The third-order valence-electron chi connectivity index (χ3n) is 3.89.